The zero-order valence-corrected chi connectivity index (χ0v) is 10.3. The summed E-state index contributed by atoms with van der Waals surface area (Å²) in [4.78, 5) is 16.9. The SMILES string of the molecule is COCc1nc(N)nc(N2CCN(C)CC2)n1. The average molecular weight is 238 g/mol. The summed E-state index contributed by atoms with van der Waals surface area (Å²) in [6.45, 7) is 4.18. The van der Waals surface area contributed by atoms with E-state index in [1.807, 2.05) is 0 Å². The third-order valence-corrected chi connectivity index (χ3v) is 2.75. The lowest BCUT2D eigenvalue weighted by molar-refractivity contribution is 0.177. The number of nitrogen functional groups attached to an aromatic ring is 1. The predicted octanol–water partition coefficient (Wildman–Crippen LogP) is -0.648. The molecule has 7 nitrogen and oxygen atoms in total. The van der Waals surface area contributed by atoms with Crippen molar-refractivity contribution in [3.05, 3.63) is 5.82 Å². The Morgan fingerprint density at radius 2 is 1.88 bits per heavy atom. The molecular formula is C10H18N6O. The minimum Gasteiger partial charge on any atom is -0.377 e. The van der Waals surface area contributed by atoms with Gasteiger partial charge in [0, 0.05) is 33.3 Å². The van der Waals surface area contributed by atoms with Crippen LogP contribution in [-0.2, 0) is 11.3 Å². The molecule has 1 aromatic heterocycles. The van der Waals surface area contributed by atoms with Crippen LogP contribution in [0.15, 0.2) is 0 Å². The molecule has 0 saturated carbocycles. The lowest BCUT2D eigenvalue weighted by Gasteiger charge is -2.32. The van der Waals surface area contributed by atoms with Crippen molar-refractivity contribution in [3.8, 4) is 0 Å². The Bertz CT molecular complexity index is 377. The van der Waals surface area contributed by atoms with Crippen molar-refractivity contribution in [3.63, 3.8) is 0 Å². The number of aromatic nitrogens is 3. The highest BCUT2D eigenvalue weighted by molar-refractivity contribution is 5.35. The molecule has 7 heteroatoms. The van der Waals surface area contributed by atoms with Gasteiger partial charge >= 0.3 is 0 Å². The van der Waals surface area contributed by atoms with Crippen LogP contribution < -0.4 is 10.6 Å². The zero-order chi connectivity index (χ0) is 12.3. The first-order valence-electron chi connectivity index (χ1n) is 5.62. The van der Waals surface area contributed by atoms with E-state index in [1.54, 1.807) is 7.11 Å². The molecule has 17 heavy (non-hydrogen) atoms. The number of methoxy groups -OCH3 is 1. The van der Waals surface area contributed by atoms with Crippen LogP contribution in [0.2, 0.25) is 0 Å². The molecule has 2 heterocycles. The molecule has 1 aromatic rings. The minimum absolute atomic E-state index is 0.251. The van der Waals surface area contributed by atoms with Gasteiger partial charge in [0.1, 0.15) is 6.61 Å². The Labute approximate surface area is 101 Å². The number of hydrogen-bond donors (Lipinski definition) is 1. The minimum atomic E-state index is 0.251. The summed E-state index contributed by atoms with van der Waals surface area (Å²) in [5, 5.41) is 0. The average Bonchev–Trinajstić information content (AvgIpc) is 2.29. The number of nitrogens with zero attached hydrogens (tertiary/aromatic N) is 5. The number of rotatable bonds is 3. The number of anilines is 2. The highest BCUT2D eigenvalue weighted by Crippen LogP contribution is 2.12. The Morgan fingerprint density at radius 1 is 1.18 bits per heavy atom. The van der Waals surface area contributed by atoms with Crippen molar-refractivity contribution in [1.82, 2.24) is 19.9 Å². The van der Waals surface area contributed by atoms with Crippen molar-refractivity contribution in [2.45, 2.75) is 6.61 Å². The number of nitrogens with two attached hydrogens (primary N) is 1. The predicted molar refractivity (Wildman–Crippen MR) is 64.7 cm³/mol. The molecule has 0 atom stereocenters. The molecule has 94 valence electrons. The van der Waals surface area contributed by atoms with Crippen LogP contribution in [0.5, 0.6) is 0 Å². The third kappa shape index (κ3) is 3.01. The highest BCUT2D eigenvalue weighted by Gasteiger charge is 2.17. The molecule has 2 rings (SSSR count). The van der Waals surface area contributed by atoms with E-state index in [4.69, 9.17) is 10.5 Å². The fourth-order valence-corrected chi connectivity index (χ4v) is 1.77. The number of hydrogen-bond acceptors (Lipinski definition) is 7. The lowest BCUT2D eigenvalue weighted by Crippen LogP contribution is -2.45. The van der Waals surface area contributed by atoms with Crippen LogP contribution in [0.3, 0.4) is 0 Å². The van der Waals surface area contributed by atoms with Gasteiger partial charge in [-0.3, -0.25) is 0 Å². The van der Waals surface area contributed by atoms with Crippen LogP contribution in [0.1, 0.15) is 5.82 Å². The van der Waals surface area contributed by atoms with Crippen LogP contribution in [0.25, 0.3) is 0 Å². The van der Waals surface area contributed by atoms with Crippen LogP contribution in [-0.4, -0.2) is 60.2 Å². The molecule has 1 aliphatic rings. The fourth-order valence-electron chi connectivity index (χ4n) is 1.77. The summed E-state index contributed by atoms with van der Waals surface area (Å²) in [6.07, 6.45) is 0. The molecule has 2 N–H and O–H groups in total. The van der Waals surface area contributed by atoms with E-state index >= 15 is 0 Å². The highest BCUT2D eigenvalue weighted by atomic mass is 16.5. The molecule has 0 bridgehead atoms. The second-order valence-electron chi connectivity index (χ2n) is 4.13. The maximum atomic E-state index is 5.67. The molecule has 1 saturated heterocycles. The molecule has 0 unspecified atom stereocenters. The molecule has 0 aliphatic carbocycles. The molecule has 0 spiro atoms. The first-order chi connectivity index (χ1) is 8.19. The van der Waals surface area contributed by atoms with Gasteiger partial charge < -0.3 is 20.3 Å². The Hall–Kier alpha value is -1.47. The topological polar surface area (TPSA) is 80.4 Å². The second kappa shape index (κ2) is 5.24. The standard InChI is InChI=1S/C10H18N6O/c1-15-3-5-16(6-4-15)10-13-8(7-17-2)12-9(11)14-10/h3-7H2,1-2H3,(H2,11,12,13,14). The van der Waals surface area contributed by atoms with Gasteiger partial charge in [0.2, 0.25) is 11.9 Å². The van der Waals surface area contributed by atoms with Crippen LogP contribution >= 0.6 is 0 Å². The van der Waals surface area contributed by atoms with Crippen LogP contribution in [0, 0.1) is 0 Å². The first kappa shape index (κ1) is 12.0. The first-order valence-corrected chi connectivity index (χ1v) is 5.62. The van der Waals surface area contributed by atoms with Crippen molar-refractivity contribution in [2.75, 3.05) is 51.0 Å². The van der Waals surface area contributed by atoms with Gasteiger partial charge in [0.25, 0.3) is 0 Å². The Morgan fingerprint density at radius 3 is 2.53 bits per heavy atom. The normalized spacial score (nSPS) is 17.4. The summed E-state index contributed by atoms with van der Waals surface area (Å²) in [5.41, 5.74) is 5.67. The second-order valence-corrected chi connectivity index (χ2v) is 4.13. The van der Waals surface area contributed by atoms with Gasteiger partial charge in [0.15, 0.2) is 5.82 Å². The Balaban J connectivity index is 2.14. The maximum absolute atomic E-state index is 5.67. The third-order valence-electron chi connectivity index (χ3n) is 2.75. The van der Waals surface area contributed by atoms with Gasteiger partial charge in [-0.25, -0.2) is 0 Å². The number of piperazine rings is 1. The smallest absolute Gasteiger partial charge is 0.230 e. The zero-order valence-electron chi connectivity index (χ0n) is 10.3. The van der Waals surface area contributed by atoms with Gasteiger partial charge in [-0.1, -0.05) is 0 Å². The summed E-state index contributed by atoms with van der Waals surface area (Å²) in [5.74, 6) is 1.48. The summed E-state index contributed by atoms with van der Waals surface area (Å²) in [7, 11) is 3.71. The summed E-state index contributed by atoms with van der Waals surface area (Å²) in [6, 6.07) is 0. The van der Waals surface area contributed by atoms with E-state index in [0.717, 1.165) is 26.2 Å². The lowest BCUT2D eigenvalue weighted by atomic mass is 10.3. The van der Waals surface area contributed by atoms with Gasteiger partial charge in [-0.15, -0.1) is 0 Å². The van der Waals surface area contributed by atoms with Crippen molar-refractivity contribution in [2.24, 2.45) is 0 Å². The monoisotopic (exact) mass is 238 g/mol. The van der Waals surface area contributed by atoms with Gasteiger partial charge in [-0.2, -0.15) is 15.0 Å². The van der Waals surface area contributed by atoms with E-state index in [0.29, 0.717) is 18.4 Å². The summed E-state index contributed by atoms with van der Waals surface area (Å²) < 4.78 is 5.01. The summed E-state index contributed by atoms with van der Waals surface area (Å²) >= 11 is 0. The van der Waals surface area contributed by atoms with Gasteiger partial charge in [0.05, 0.1) is 0 Å². The molecule has 0 radical (unpaired) electrons. The molecule has 1 fully saturated rings. The van der Waals surface area contributed by atoms with E-state index in [-0.39, 0.29) is 5.95 Å². The van der Waals surface area contributed by atoms with E-state index in [1.165, 1.54) is 0 Å². The molecule has 1 aliphatic heterocycles. The van der Waals surface area contributed by atoms with E-state index in [9.17, 15) is 0 Å². The quantitative estimate of drug-likeness (QED) is 0.749. The molecular weight excluding hydrogens is 220 g/mol. The molecule has 0 amide bonds. The van der Waals surface area contributed by atoms with Gasteiger partial charge in [-0.05, 0) is 7.05 Å². The maximum Gasteiger partial charge on any atom is 0.230 e. The van der Waals surface area contributed by atoms with Crippen molar-refractivity contribution in [1.29, 1.82) is 0 Å². The number of likely N-dealkylation sites (N-methyl/N-ethyl adjacent to an activating group) is 1. The van der Waals surface area contributed by atoms with Crippen molar-refractivity contribution >= 4 is 11.9 Å². The van der Waals surface area contributed by atoms with E-state index in [2.05, 4.69) is 31.8 Å². The number of ether oxygens (including phenoxy) is 1. The fraction of sp³-hybridized carbons (Fsp3) is 0.700. The van der Waals surface area contributed by atoms with E-state index < -0.39 is 0 Å². The van der Waals surface area contributed by atoms with Crippen molar-refractivity contribution < 1.29 is 4.74 Å². The van der Waals surface area contributed by atoms with Crippen LogP contribution in [0.4, 0.5) is 11.9 Å². The largest absolute Gasteiger partial charge is 0.377 e. The molecule has 0 aromatic carbocycles. The Kier molecular flexibility index (Phi) is 3.70.